The molecule has 29 heavy (non-hydrogen) atoms. The summed E-state index contributed by atoms with van der Waals surface area (Å²) >= 11 is 0. The number of piperazine rings is 1. The van der Waals surface area contributed by atoms with Gasteiger partial charge in [-0.3, -0.25) is 4.79 Å². The van der Waals surface area contributed by atoms with Gasteiger partial charge < -0.3 is 4.90 Å². The summed E-state index contributed by atoms with van der Waals surface area (Å²) in [6, 6.07) is 4.22. The summed E-state index contributed by atoms with van der Waals surface area (Å²) in [7, 11) is -4.28. The monoisotopic (exact) mass is 432 g/mol. The molecule has 1 saturated heterocycles. The summed E-state index contributed by atoms with van der Waals surface area (Å²) in [4.78, 5) is 13.4. The average Bonchev–Trinajstić information content (AvgIpc) is 2.72. The van der Waals surface area contributed by atoms with Crippen molar-refractivity contribution < 1.29 is 26.4 Å². The smallest absolute Gasteiger partial charge is 0.340 e. The van der Waals surface area contributed by atoms with E-state index < -0.39 is 26.7 Å². The van der Waals surface area contributed by atoms with Crippen LogP contribution in [0.15, 0.2) is 29.2 Å². The molecule has 0 bridgehead atoms. The number of rotatable bonds is 5. The standard InChI is InChI=1S/C20H27F3N2O3S/c21-20(22,23)17-8-4-5-9-18(17)29(27,28)25-14-12-24(13-15-25)19(26)11-10-16-6-2-1-3-7-16/h4-5,8-9,16H,1-3,6-7,10-15H2. The Kier molecular flexibility index (Phi) is 6.88. The second-order valence-electron chi connectivity index (χ2n) is 7.82. The zero-order valence-electron chi connectivity index (χ0n) is 16.3. The van der Waals surface area contributed by atoms with Gasteiger partial charge in [-0.05, 0) is 24.5 Å². The molecule has 0 N–H and O–H groups in total. The van der Waals surface area contributed by atoms with Gasteiger partial charge in [-0.15, -0.1) is 0 Å². The third-order valence-electron chi connectivity index (χ3n) is 5.89. The van der Waals surface area contributed by atoms with Crippen molar-refractivity contribution in [3.8, 4) is 0 Å². The fourth-order valence-corrected chi connectivity index (χ4v) is 5.84. The van der Waals surface area contributed by atoms with Crippen molar-refractivity contribution in [2.45, 2.75) is 56.0 Å². The van der Waals surface area contributed by atoms with E-state index in [4.69, 9.17) is 0 Å². The van der Waals surface area contributed by atoms with Gasteiger partial charge in [0.05, 0.1) is 10.5 Å². The molecule has 1 aromatic carbocycles. The molecule has 3 rings (SSSR count). The van der Waals surface area contributed by atoms with Gasteiger partial charge in [0.1, 0.15) is 0 Å². The summed E-state index contributed by atoms with van der Waals surface area (Å²) in [5, 5.41) is 0. The quantitative estimate of drug-likeness (QED) is 0.709. The lowest BCUT2D eigenvalue weighted by Gasteiger charge is -2.34. The zero-order chi connectivity index (χ0) is 21.1. The summed E-state index contributed by atoms with van der Waals surface area (Å²) in [5.74, 6) is 0.594. The number of carbonyl (C=O) groups is 1. The third kappa shape index (κ3) is 5.31. The van der Waals surface area contributed by atoms with Gasteiger partial charge in [-0.1, -0.05) is 44.2 Å². The first-order chi connectivity index (χ1) is 13.7. The topological polar surface area (TPSA) is 57.7 Å². The Labute approximate surface area is 169 Å². The first-order valence-electron chi connectivity index (χ1n) is 10.1. The van der Waals surface area contributed by atoms with Gasteiger partial charge in [0.2, 0.25) is 15.9 Å². The van der Waals surface area contributed by atoms with E-state index in [2.05, 4.69) is 0 Å². The molecular weight excluding hydrogens is 405 g/mol. The minimum Gasteiger partial charge on any atom is -0.340 e. The first-order valence-corrected chi connectivity index (χ1v) is 11.6. The van der Waals surface area contributed by atoms with Crippen molar-refractivity contribution in [2.75, 3.05) is 26.2 Å². The maximum absolute atomic E-state index is 13.2. The highest BCUT2D eigenvalue weighted by Gasteiger charge is 2.39. The van der Waals surface area contributed by atoms with E-state index in [0.717, 1.165) is 35.7 Å². The van der Waals surface area contributed by atoms with Crippen LogP contribution in [0.2, 0.25) is 0 Å². The van der Waals surface area contributed by atoms with Crippen molar-refractivity contribution in [3.05, 3.63) is 29.8 Å². The second-order valence-corrected chi connectivity index (χ2v) is 9.73. The van der Waals surface area contributed by atoms with Crippen molar-refractivity contribution in [1.82, 2.24) is 9.21 Å². The van der Waals surface area contributed by atoms with Crippen LogP contribution in [0, 0.1) is 5.92 Å². The Morgan fingerprint density at radius 1 is 1.00 bits per heavy atom. The van der Waals surface area contributed by atoms with Crippen LogP contribution >= 0.6 is 0 Å². The average molecular weight is 433 g/mol. The first kappa shape index (κ1) is 22.1. The van der Waals surface area contributed by atoms with Crippen LogP contribution in [0.1, 0.15) is 50.5 Å². The van der Waals surface area contributed by atoms with Crippen molar-refractivity contribution >= 4 is 15.9 Å². The van der Waals surface area contributed by atoms with Crippen LogP contribution in [0.25, 0.3) is 0 Å². The summed E-state index contributed by atoms with van der Waals surface area (Å²) in [5.41, 5.74) is -1.16. The number of benzene rings is 1. The van der Waals surface area contributed by atoms with Crippen molar-refractivity contribution in [3.63, 3.8) is 0 Å². The van der Waals surface area contributed by atoms with Crippen LogP contribution in [0.3, 0.4) is 0 Å². The fourth-order valence-electron chi connectivity index (χ4n) is 4.20. The number of alkyl halides is 3. The van der Waals surface area contributed by atoms with Gasteiger partial charge in [0.15, 0.2) is 0 Å². The Morgan fingerprint density at radius 2 is 1.62 bits per heavy atom. The molecule has 0 unspecified atom stereocenters. The Balaban J connectivity index is 1.59. The minimum absolute atomic E-state index is 0.00307. The molecule has 2 aliphatic rings. The summed E-state index contributed by atoms with van der Waals surface area (Å²) in [6.45, 7) is 0.418. The van der Waals surface area contributed by atoms with Gasteiger partial charge in [-0.2, -0.15) is 17.5 Å². The van der Waals surface area contributed by atoms with Crippen LogP contribution in [-0.2, 0) is 21.0 Å². The fraction of sp³-hybridized carbons (Fsp3) is 0.650. The number of amides is 1. The molecule has 0 spiro atoms. The van der Waals surface area contributed by atoms with Crippen LogP contribution < -0.4 is 0 Å². The number of hydrogen-bond acceptors (Lipinski definition) is 3. The molecule has 5 nitrogen and oxygen atoms in total. The molecule has 1 aliphatic carbocycles. The van der Waals surface area contributed by atoms with E-state index in [1.165, 1.54) is 31.4 Å². The lowest BCUT2D eigenvalue weighted by molar-refractivity contribution is -0.139. The molecule has 9 heteroatoms. The largest absolute Gasteiger partial charge is 0.417 e. The maximum atomic E-state index is 13.2. The third-order valence-corrected chi connectivity index (χ3v) is 7.85. The zero-order valence-corrected chi connectivity index (χ0v) is 17.1. The highest BCUT2D eigenvalue weighted by molar-refractivity contribution is 7.89. The predicted molar refractivity (Wildman–Crippen MR) is 103 cm³/mol. The number of sulfonamides is 1. The van der Waals surface area contributed by atoms with Crippen molar-refractivity contribution in [2.24, 2.45) is 5.92 Å². The SMILES string of the molecule is O=C(CCC1CCCCC1)N1CCN(S(=O)(=O)c2ccccc2C(F)(F)F)CC1. The van der Waals surface area contributed by atoms with Gasteiger partial charge in [0.25, 0.3) is 0 Å². The lowest BCUT2D eigenvalue weighted by atomic mass is 9.86. The van der Waals surface area contributed by atoms with Gasteiger partial charge >= 0.3 is 6.18 Å². The molecule has 1 heterocycles. The molecule has 1 aliphatic heterocycles. The van der Waals surface area contributed by atoms with Crippen molar-refractivity contribution in [1.29, 1.82) is 0 Å². The second kappa shape index (κ2) is 9.04. The summed E-state index contributed by atoms with van der Waals surface area (Å²) < 4.78 is 66.3. The molecule has 2 fully saturated rings. The molecular formula is C20H27F3N2O3S. The molecule has 0 atom stereocenters. The lowest BCUT2D eigenvalue weighted by Crippen LogP contribution is -2.50. The molecule has 1 amide bonds. The van der Waals surface area contributed by atoms with Gasteiger partial charge in [0, 0.05) is 32.6 Å². The van der Waals surface area contributed by atoms with Crippen LogP contribution in [-0.4, -0.2) is 49.7 Å². The van der Waals surface area contributed by atoms with E-state index in [-0.39, 0.29) is 32.1 Å². The number of halogens is 3. The molecule has 0 aromatic heterocycles. The Hall–Kier alpha value is -1.61. The van der Waals surface area contributed by atoms with E-state index in [9.17, 15) is 26.4 Å². The minimum atomic E-state index is -4.75. The highest BCUT2D eigenvalue weighted by atomic mass is 32.2. The molecule has 1 saturated carbocycles. The Bertz CT molecular complexity index is 813. The van der Waals surface area contributed by atoms with E-state index in [1.54, 1.807) is 4.90 Å². The number of nitrogens with zero attached hydrogens (tertiary/aromatic N) is 2. The normalized spacial score (nSPS) is 20.0. The van der Waals surface area contributed by atoms with Gasteiger partial charge in [-0.25, -0.2) is 8.42 Å². The Morgan fingerprint density at radius 3 is 2.24 bits per heavy atom. The molecule has 0 radical (unpaired) electrons. The highest BCUT2D eigenvalue weighted by Crippen LogP contribution is 2.35. The van der Waals surface area contributed by atoms with Crippen LogP contribution in [0.5, 0.6) is 0 Å². The maximum Gasteiger partial charge on any atom is 0.417 e. The van der Waals surface area contributed by atoms with E-state index >= 15 is 0 Å². The molecule has 1 aromatic rings. The van der Waals surface area contributed by atoms with E-state index in [0.29, 0.717) is 12.3 Å². The number of carbonyl (C=O) groups excluding carboxylic acids is 1. The number of hydrogen-bond donors (Lipinski definition) is 0. The predicted octanol–water partition coefficient (Wildman–Crippen LogP) is 3.90. The molecule has 162 valence electrons. The van der Waals surface area contributed by atoms with E-state index in [1.807, 2.05) is 0 Å². The van der Waals surface area contributed by atoms with Crippen LogP contribution in [0.4, 0.5) is 13.2 Å². The summed E-state index contributed by atoms with van der Waals surface area (Å²) in [6.07, 6.45) is 2.59.